The smallest absolute Gasteiger partial charge is 0.107 e. The molecule has 2 heterocycles. The van der Waals surface area contributed by atoms with Crippen molar-refractivity contribution < 1.29 is 0 Å². The first-order valence-electron chi connectivity index (χ1n) is 8.54. The summed E-state index contributed by atoms with van der Waals surface area (Å²) in [7, 11) is 0. The molecule has 1 atom stereocenters. The van der Waals surface area contributed by atoms with Gasteiger partial charge in [0.1, 0.15) is 5.01 Å². The predicted octanol–water partition coefficient (Wildman–Crippen LogP) is 3.67. The Morgan fingerprint density at radius 3 is 2.86 bits per heavy atom. The minimum atomic E-state index is 0.392. The SMILES string of the molecule is CC(C)CC1CNC2(CCCCC2)CN1Cc1nccs1. The molecular formula is C17H29N3S. The minimum absolute atomic E-state index is 0.392. The summed E-state index contributed by atoms with van der Waals surface area (Å²) in [6, 6.07) is 0.668. The van der Waals surface area contributed by atoms with Crippen LogP contribution in [0.1, 0.15) is 57.4 Å². The number of hydrogen-bond acceptors (Lipinski definition) is 4. The molecule has 1 aliphatic carbocycles. The van der Waals surface area contributed by atoms with Crippen molar-refractivity contribution in [3.05, 3.63) is 16.6 Å². The molecule has 118 valence electrons. The molecule has 0 amide bonds. The van der Waals surface area contributed by atoms with Gasteiger partial charge in [0.15, 0.2) is 0 Å². The molecule has 1 aliphatic heterocycles. The largest absolute Gasteiger partial charge is 0.308 e. The van der Waals surface area contributed by atoms with E-state index in [1.54, 1.807) is 11.3 Å². The van der Waals surface area contributed by atoms with Gasteiger partial charge in [-0.2, -0.15) is 0 Å². The molecule has 1 aromatic rings. The number of piperazine rings is 1. The molecule has 3 rings (SSSR count). The van der Waals surface area contributed by atoms with Crippen LogP contribution in [-0.4, -0.2) is 34.6 Å². The number of aromatic nitrogens is 1. The number of nitrogens with one attached hydrogen (secondary N) is 1. The second kappa shape index (κ2) is 6.76. The fourth-order valence-corrected chi connectivity index (χ4v) is 4.71. The molecule has 0 bridgehead atoms. The highest BCUT2D eigenvalue weighted by Gasteiger charge is 2.39. The molecule has 1 unspecified atom stereocenters. The molecule has 2 aliphatic rings. The topological polar surface area (TPSA) is 28.2 Å². The number of rotatable bonds is 4. The molecule has 1 spiro atoms. The Balaban J connectivity index is 1.71. The van der Waals surface area contributed by atoms with E-state index in [1.807, 2.05) is 6.20 Å². The first-order valence-corrected chi connectivity index (χ1v) is 9.42. The lowest BCUT2D eigenvalue weighted by atomic mass is 9.79. The van der Waals surface area contributed by atoms with Gasteiger partial charge >= 0.3 is 0 Å². The lowest BCUT2D eigenvalue weighted by Crippen LogP contribution is -2.64. The Bertz CT molecular complexity index is 423. The van der Waals surface area contributed by atoms with E-state index in [9.17, 15) is 0 Å². The van der Waals surface area contributed by atoms with E-state index in [2.05, 4.69) is 34.4 Å². The summed E-state index contributed by atoms with van der Waals surface area (Å²) in [5.74, 6) is 0.760. The molecule has 0 radical (unpaired) electrons. The van der Waals surface area contributed by atoms with E-state index in [-0.39, 0.29) is 0 Å². The summed E-state index contributed by atoms with van der Waals surface area (Å²) in [6.07, 6.45) is 10.2. The van der Waals surface area contributed by atoms with Gasteiger partial charge in [0.05, 0.1) is 6.54 Å². The minimum Gasteiger partial charge on any atom is -0.308 e. The number of thiazole rings is 1. The standard InChI is InChI=1S/C17H29N3S/c1-14(2)10-15-11-19-17(6-4-3-5-7-17)13-20(15)12-16-18-8-9-21-16/h8-9,14-15,19H,3-7,10-13H2,1-2H3. The maximum absolute atomic E-state index is 4.51. The molecule has 1 aromatic heterocycles. The Hall–Kier alpha value is -0.450. The van der Waals surface area contributed by atoms with Crippen LogP contribution in [0.25, 0.3) is 0 Å². The highest BCUT2D eigenvalue weighted by atomic mass is 32.1. The first kappa shape index (κ1) is 15.4. The molecule has 0 aromatic carbocycles. The predicted molar refractivity (Wildman–Crippen MR) is 89.6 cm³/mol. The van der Waals surface area contributed by atoms with Crippen LogP contribution in [-0.2, 0) is 6.54 Å². The van der Waals surface area contributed by atoms with Crippen molar-refractivity contribution in [2.75, 3.05) is 13.1 Å². The molecule has 21 heavy (non-hydrogen) atoms. The van der Waals surface area contributed by atoms with Gasteiger partial charge in [0.2, 0.25) is 0 Å². The number of hydrogen-bond donors (Lipinski definition) is 1. The third-order valence-electron chi connectivity index (χ3n) is 5.11. The normalized spacial score (nSPS) is 26.5. The second-order valence-electron chi connectivity index (χ2n) is 7.34. The van der Waals surface area contributed by atoms with Crippen molar-refractivity contribution in [2.24, 2.45) is 5.92 Å². The van der Waals surface area contributed by atoms with Crippen LogP contribution >= 0.6 is 11.3 Å². The zero-order valence-corrected chi connectivity index (χ0v) is 14.3. The molecule has 1 saturated heterocycles. The van der Waals surface area contributed by atoms with Gasteiger partial charge < -0.3 is 5.32 Å². The fourth-order valence-electron chi connectivity index (χ4n) is 4.07. The zero-order valence-electron chi connectivity index (χ0n) is 13.5. The van der Waals surface area contributed by atoms with Crippen LogP contribution < -0.4 is 5.32 Å². The highest BCUT2D eigenvalue weighted by molar-refractivity contribution is 7.09. The summed E-state index contributed by atoms with van der Waals surface area (Å²) in [4.78, 5) is 7.24. The van der Waals surface area contributed by atoms with E-state index in [1.165, 1.54) is 50.1 Å². The van der Waals surface area contributed by atoms with Gasteiger partial charge in [0, 0.05) is 36.2 Å². The van der Waals surface area contributed by atoms with Crippen LogP contribution in [0.5, 0.6) is 0 Å². The third-order valence-corrected chi connectivity index (χ3v) is 5.88. The fraction of sp³-hybridized carbons (Fsp3) is 0.824. The maximum atomic E-state index is 4.51. The molecule has 3 nitrogen and oxygen atoms in total. The van der Waals surface area contributed by atoms with Gasteiger partial charge in [-0.1, -0.05) is 33.1 Å². The van der Waals surface area contributed by atoms with Crippen molar-refractivity contribution in [1.82, 2.24) is 15.2 Å². The van der Waals surface area contributed by atoms with Crippen molar-refractivity contribution in [2.45, 2.75) is 70.5 Å². The van der Waals surface area contributed by atoms with Crippen LogP contribution in [0.2, 0.25) is 0 Å². The Labute approximate surface area is 133 Å². The van der Waals surface area contributed by atoms with Gasteiger partial charge in [-0.3, -0.25) is 4.90 Å². The Morgan fingerprint density at radius 2 is 2.19 bits per heavy atom. The van der Waals surface area contributed by atoms with Gasteiger partial charge in [0.25, 0.3) is 0 Å². The summed E-state index contributed by atoms with van der Waals surface area (Å²) in [5, 5.41) is 7.32. The first-order chi connectivity index (χ1) is 10.2. The molecule has 4 heteroatoms. The van der Waals surface area contributed by atoms with Crippen molar-refractivity contribution in [3.8, 4) is 0 Å². The summed E-state index contributed by atoms with van der Waals surface area (Å²) in [6.45, 7) is 8.09. The van der Waals surface area contributed by atoms with E-state index in [0.29, 0.717) is 11.6 Å². The summed E-state index contributed by atoms with van der Waals surface area (Å²) in [5.41, 5.74) is 0.392. The molecule has 1 N–H and O–H groups in total. The molecule has 2 fully saturated rings. The van der Waals surface area contributed by atoms with E-state index < -0.39 is 0 Å². The lowest BCUT2D eigenvalue weighted by molar-refractivity contribution is 0.0413. The van der Waals surface area contributed by atoms with Crippen molar-refractivity contribution in [3.63, 3.8) is 0 Å². The summed E-state index contributed by atoms with van der Waals surface area (Å²) < 4.78 is 0. The molecule has 1 saturated carbocycles. The average molecular weight is 308 g/mol. The molecular weight excluding hydrogens is 278 g/mol. The quantitative estimate of drug-likeness (QED) is 0.920. The van der Waals surface area contributed by atoms with Crippen LogP contribution in [0.4, 0.5) is 0 Å². The number of nitrogens with zero attached hydrogens (tertiary/aromatic N) is 2. The van der Waals surface area contributed by atoms with Gasteiger partial charge in [-0.05, 0) is 25.2 Å². The van der Waals surface area contributed by atoms with Gasteiger partial charge in [-0.25, -0.2) is 4.98 Å². The zero-order chi connectivity index (χ0) is 14.7. The van der Waals surface area contributed by atoms with Crippen molar-refractivity contribution in [1.29, 1.82) is 0 Å². The second-order valence-corrected chi connectivity index (χ2v) is 8.32. The van der Waals surface area contributed by atoms with Gasteiger partial charge in [-0.15, -0.1) is 11.3 Å². The van der Waals surface area contributed by atoms with Crippen LogP contribution in [0.3, 0.4) is 0 Å². The van der Waals surface area contributed by atoms with E-state index in [0.717, 1.165) is 19.0 Å². The summed E-state index contributed by atoms with van der Waals surface area (Å²) >= 11 is 1.80. The van der Waals surface area contributed by atoms with E-state index >= 15 is 0 Å². The third kappa shape index (κ3) is 3.85. The Morgan fingerprint density at radius 1 is 1.38 bits per heavy atom. The Kier molecular flexibility index (Phi) is 4.97. The van der Waals surface area contributed by atoms with Crippen molar-refractivity contribution >= 4 is 11.3 Å². The highest BCUT2D eigenvalue weighted by Crippen LogP contribution is 2.33. The monoisotopic (exact) mass is 307 g/mol. The van der Waals surface area contributed by atoms with Crippen LogP contribution in [0, 0.1) is 5.92 Å². The maximum Gasteiger partial charge on any atom is 0.107 e. The lowest BCUT2D eigenvalue weighted by Gasteiger charge is -2.50. The van der Waals surface area contributed by atoms with Crippen LogP contribution in [0.15, 0.2) is 11.6 Å². The average Bonchev–Trinajstić information content (AvgIpc) is 2.96. The van der Waals surface area contributed by atoms with E-state index in [4.69, 9.17) is 0 Å².